The lowest BCUT2D eigenvalue weighted by Crippen LogP contribution is -2.52. The van der Waals surface area contributed by atoms with Gasteiger partial charge in [0.05, 0.1) is 0 Å². The van der Waals surface area contributed by atoms with E-state index in [0.29, 0.717) is 11.8 Å². The number of rotatable bonds is 2. The van der Waals surface area contributed by atoms with Crippen molar-refractivity contribution in [3.8, 4) is 0 Å². The first kappa shape index (κ1) is 10.7. The molecule has 5 nitrogen and oxygen atoms in total. The van der Waals surface area contributed by atoms with Crippen LogP contribution in [0.15, 0.2) is 4.42 Å². The van der Waals surface area contributed by atoms with Crippen molar-refractivity contribution in [2.45, 2.75) is 51.0 Å². The van der Waals surface area contributed by atoms with Crippen molar-refractivity contribution in [3.63, 3.8) is 0 Å². The fourth-order valence-electron chi connectivity index (χ4n) is 3.07. The van der Waals surface area contributed by atoms with Crippen molar-refractivity contribution in [1.82, 2.24) is 15.1 Å². The van der Waals surface area contributed by atoms with Crippen LogP contribution in [0.4, 0.5) is 0 Å². The standard InChI is InChI=1S/C12H17N3O2/c1-9-13-14-10(17-9)8-11(16)15-7-3-6-12(15)4-2-5-12/h2-8H2,1H3. The highest BCUT2D eigenvalue weighted by Gasteiger charge is 2.47. The molecule has 2 heterocycles. The zero-order valence-electron chi connectivity index (χ0n) is 10.1. The van der Waals surface area contributed by atoms with Crippen LogP contribution in [0.3, 0.4) is 0 Å². The monoisotopic (exact) mass is 235 g/mol. The predicted molar refractivity (Wildman–Crippen MR) is 60.3 cm³/mol. The highest BCUT2D eigenvalue weighted by molar-refractivity contribution is 5.79. The molecule has 1 aromatic rings. The van der Waals surface area contributed by atoms with Gasteiger partial charge in [-0.2, -0.15) is 0 Å². The van der Waals surface area contributed by atoms with Gasteiger partial charge in [-0.3, -0.25) is 4.79 Å². The maximum atomic E-state index is 12.2. The Morgan fingerprint density at radius 2 is 2.12 bits per heavy atom. The Bertz CT molecular complexity index is 437. The molecular formula is C12H17N3O2. The minimum Gasteiger partial charge on any atom is -0.425 e. The van der Waals surface area contributed by atoms with Crippen LogP contribution in [-0.2, 0) is 11.2 Å². The van der Waals surface area contributed by atoms with E-state index in [0.717, 1.165) is 13.0 Å². The van der Waals surface area contributed by atoms with Crippen LogP contribution in [0, 0.1) is 6.92 Å². The number of likely N-dealkylation sites (tertiary alicyclic amines) is 1. The van der Waals surface area contributed by atoms with Crippen molar-refractivity contribution in [3.05, 3.63) is 11.8 Å². The predicted octanol–water partition coefficient (Wildman–Crippen LogP) is 1.47. The Kier molecular flexibility index (Phi) is 2.42. The molecule has 1 spiro atoms. The lowest BCUT2D eigenvalue weighted by atomic mass is 9.75. The molecule has 1 aliphatic carbocycles. The Morgan fingerprint density at radius 1 is 1.35 bits per heavy atom. The number of amides is 1. The minimum absolute atomic E-state index is 0.144. The molecule has 0 bridgehead atoms. The first-order chi connectivity index (χ1) is 8.20. The van der Waals surface area contributed by atoms with Crippen molar-refractivity contribution in [2.24, 2.45) is 0 Å². The van der Waals surface area contributed by atoms with Crippen LogP contribution >= 0.6 is 0 Å². The Morgan fingerprint density at radius 3 is 2.71 bits per heavy atom. The van der Waals surface area contributed by atoms with E-state index in [1.54, 1.807) is 6.92 Å². The molecular weight excluding hydrogens is 218 g/mol. The lowest BCUT2D eigenvalue weighted by molar-refractivity contribution is -0.137. The minimum atomic E-state index is 0.144. The van der Waals surface area contributed by atoms with E-state index in [9.17, 15) is 4.79 Å². The summed E-state index contributed by atoms with van der Waals surface area (Å²) in [4.78, 5) is 14.3. The normalized spacial score (nSPS) is 21.8. The number of nitrogens with zero attached hydrogens (tertiary/aromatic N) is 3. The van der Waals surface area contributed by atoms with Gasteiger partial charge in [0, 0.05) is 19.0 Å². The quantitative estimate of drug-likeness (QED) is 0.778. The van der Waals surface area contributed by atoms with E-state index in [4.69, 9.17) is 4.42 Å². The van der Waals surface area contributed by atoms with Gasteiger partial charge in [0.25, 0.3) is 0 Å². The number of hydrogen-bond donors (Lipinski definition) is 0. The molecule has 1 amide bonds. The van der Waals surface area contributed by atoms with Crippen molar-refractivity contribution in [1.29, 1.82) is 0 Å². The number of aromatic nitrogens is 2. The molecule has 0 radical (unpaired) electrons. The molecule has 0 aromatic carbocycles. The van der Waals surface area contributed by atoms with E-state index >= 15 is 0 Å². The third kappa shape index (κ3) is 1.73. The average molecular weight is 235 g/mol. The van der Waals surface area contributed by atoms with Crippen molar-refractivity contribution < 1.29 is 9.21 Å². The Labute approximate surface area is 100 Å². The number of carbonyl (C=O) groups is 1. The summed E-state index contributed by atoms with van der Waals surface area (Å²) in [6.07, 6.45) is 6.14. The Balaban J connectivity index is 1.70. The van der Waals surface area contributed by atoms with Gasteiger partial charge in [-0.05, 0) is 32.1 Å². The first-order valence-corrected chi connectivity index (χ1v) is 6.29. The largest absolute Gasteiger partial charge is 0.425 e. The summed E-state index contributed by atoms with van der Waals surface area (Å²) in [6.45, 7) is 2.64. The molecule has 2 aliphatic rings. The molecule has 3 rings (SSSR count). The molecule has 1 aliphatic heterocycles. The fourth-order valence-corrected chi connectivity index (χ4v) is 3.07. The third-order valence-electron chi connectivity index (χ3n) is 4.05. The van der Waals surface area contributed by atoms with Gasteiger partial charge in [-0.15, -0.1) is 10.2 Å². The SMILES string of the molecule is Cc1nnc(CC(=O)N2CCCC23CCC3)o1. The summed E-state index contributed by atoms with van der Waals surface area (Å²) in [5, 5.41) is 7.63. The molecule has 1 aromatic heterocycles. The molecule has 0 atom stereocenters. The van der Waals surface area contributed by atoms with E-state index in [2.05, 4.69) is 15.1 Å². The fraction of sp³-hybridized carbons (Fsp3) is 0.750. The highest BCUT2D eigenvalue weighted by Crippen LogP contribution is 2.45. The molecule has 1 saturated heterocycles. The van der Waals surface area contributed by atoms with Crippen LogP contribution in [0.25, 0.3) is 0 Å². The highest BCUT2D eigenvalue weighted by atomic mass is 16.4. The van der Waals surface area contributed by atoms with Crippen LogP contribution in [0.1, 0.15) is 43.9 Å². The summed E-state index contributed by atoms with van der Waals surface area (Å²) in [5.41, 5.74) is 0.187. The molecule has 0 unspecified atom stereocenters. The lowest BCUT2D eigenvalue weighted by Gasteiger charge is -2.45. The van der Waals surface area contributed by atoms with E-state index in [-0.39, 0.29) is 17.9 Å². The van der Waals surface area contributed by atoms with Gasteiger partial charge in [-0.1, -0.05) is 0 Å². The van der Waals surface area contributed by atoms with Crippen LogP contribution in [0.5, 0.6) is 0 Å². The summed E-state index contributed by atoms with van der Waals surface area (Å²) >= 11 is 0. The molecule has 1 saturated carbocycles. The van der Waals surface area contributed by atoms with Gasteiger partial charge >= 0.3 is 0 Å². The summed E-state index contributed by atoms with van der Waals surface area (Å²) < 4.78 is 5.26. The molecule has 5 heteroatoms. The van der Waals surface area contributed by atoms with Crippen molar-refractivity contribution in [2.75, 3.05) is 6.54 Å². The second kappa shape index (κ2) is 3.82. The van der Waals surface area contributed by atoms with E-state index < -0.39 is 0 Å². The summed E-state index contributed by atoms with van der Waals surface area (Å²) in [5.74, 6) is 1.10. The molecule has 2 fully saturated rings. The van der Waals surface area contributed by atoms with Gasteiger partial charge < -0.3 is 9.32 Å². The summed E-state index contributed by atoms with van der Waals surface area (Å²) in [7, 11) is 0. The third-order valence-corrected chi connectivity index (χ3v) is 4.05. The van der Waals surface area contributed by atoms with E-state index in [1.807, 2.05) is 0 Å². The second-order valence-electron chi connectivity index (χ2n) is 5.12. The summed E-state index contributed by atoms with van der Waals surface area (Å²) in [6, 6.07) is 0. The molecule has 17 heavy (non-hydrogen) atoms. The van der Waals surface area contributed by atoms with Crippen LogP contribution < -0.4 is 0 Å². The number of carbonyl (C=O) groups excluding carboxylic acids is 1. The van der Waals surface area contributed by atoms with Crippen LogP contribution in [-0.4, -0.2) is 33.1 Å². The van der Waals surface area contributed by atoms with Gasteiger partial charge in [-0.25, -0.2) is 0 Å². The number of aryl methyl sites for hydroxylation is 1. The smallest absolute Gasteiger partial charge is 0.232 e. The number of hydrogen-bond acceptors (Lipinski definition) is 4. The Hall–Kier alpha value is -1.39. The maximum Gasteiger partial charge on any atom is 0.232 e. The van der Waals surface area contributed by atoms with Crippen molar-refractivity contribution >= 4 is 5.91 Å². The molecule has 92 valence electrons. The average Bonchev–Trinajstić information content (AvgIpc) is 2.83. The van der Waals surface area contributed by atoms with E-state index in [1.165, 1.54) is 25.7 Å². The van der Waals surface area contributed by atoms with Crippen LogP contribution in [0.2, 0.25) is 0 Å². The zero-order chi connectivity index (χ0) is 11.9. The zero-order valence-corrected chi connectivity index (χ0v) is 10.1. The van der Waals surface area contributed by atoms with Gasteiger partial charge in [0.15, 0.2) is 0 Å². The van der Waals surface area contributed by atoms with Gasteiger partial charge in [0.1, 0.15) is 6.42 Å². The maximum absolute atomic E-state index is 12.2. The molecule has 0 N–H and O–H groups in total. The second-order valence-corrected chi connectivity index (χ2v) is 5.12. The van der Waals surface area contributed by atoms with Gasteiger partial charge in [0.2, 0.25) is 17.7 Å². The topological polar surface area (TPSA) is 59.2 Å². The first-order valence-electron chi connectivity index (χ1n) is 6.29.